The molecule has 1 aromatic carbocycles. The number of likely N-dealkylation sites (tertiary alicyclic amines) is 1. The van der Waals surface area contributed by atoms with Gasteiger partial charge in [-0.3, -0.25) is 4.79 Å². The number of nitrogens with zero attached hydrogens (tertiary/aromatic N) is 7. The van der Waals surface area contributed by atoms with Crippen LogP contribution in [0.1, 0.15) is 34.6 Å². The summed E-state index contributed by atoms with van der Waals surface area (Å²) in [6, 6.07) is 6.70. The molecule has 2 unspecified atom stereocenters. The fourth-order valence-electron chi connectivity index (χ4n) is 4.61. The summed E-state index contributed by atoms with van der Waals surface area (Å²) < 4.78 is 14.7. The number of anilines is 1. The molecule has 0 N–H and O–H groups in total. The van der Waals surface area contributed by atoms with Crippen LogP contribution in [-0.4, -0.2) is 60.9 Å². The van der Waals surface area contributed by atoms with Gasteiger partial charge in [0.15, 0.2) is 0 Å². The highest BCUT2D eigenvalue weighted by Crippen LogP contribution is 2.34. The minimum atomic E-state index is -0.567. The van der Waals surface area contributed by atoms with Crippen molar-refractivity contribution in [3.63, 3.8) is 0 Å². The van der Waals surface area contributed by atoms with E-state index in [9.17, 15) is 9.18 Å². The number of aryl methyl sites for hydroxylation is 2. The molecule has 2 aromatic heterocycles. The predicted octanol–water partition coefficient (Wildman–Crippen LogP) is 2.31. The summed E-state index contributed by atoms with van der Waals surface area (Å²) in [6.07, 6.45) is 4.91. The van der Waals surface area contributed by atoms with E-state index in [1.165, 1.54) is 23.3 Å². The monoisotopic (exact) mass is 407 g/mol. The molecule has 0 radical (unpaired) electrons. The Bertz CT molecular complexity index is 1070. The zero-order valence-electron chi connectivity index (χ0n) is 16.9. The molecule has 30 heavy (non-hydrogen) atoms. The van der Waals surface area contributed by atoms with E-state index in [0.717, 1.165) is 30.2 Å². The number of benzene rings is 1. The number of aromatic nitrogens is 5. The molecular formula is C21H22FN7O. The SMILES string of the molecule is Cc1cc(C)nc(N2C3CCC2CN(C(=O)c2c(F)cccc2-n2nccn2)C3)n1. The molecule has 0 spiro atoms. The van der Waals surface area contributed by atoms with Gasteiger partial charge in [0.05, 0.1) is 12.4 Å². The number of halogens is 1. The number of fused-ring (bicyclic) bond motifs is 2. The van der Waals surface area contributed by atoms with Crippen LogP contribution in [0.15, 0.2) is 36.7 Å². The molecular weight excluding hydrogens is 385 g/mol. The lowest BCUT2D eigenvalue weighted by atomic mass is 10.1. The molecule has 2 fully saturated rings. The predicted molar refractivity (Wildman–Crippen MR) is 108 cm³/mol. The van der Waals surface area contributed by atoms with Gasteiger partial charge in [-0.25, -0.2) is 14.4 Å². The molecule has 4 heterocycles. The van der Waals surface area contributed by atoms with Gasteiger partial charge in [0.2, 0.25) is 5.95 Å². The van der Waals surface area contributed by atoms with E-state index < -0.39 is 5.82 Å². The Labute approximate surface area is 173 Å². The number of piperazine rings is 1. The number of hydrogen-bond acceptors (Lipinski definition) is 6. The van der Waals surface area contributed by atoms with Crippen LogP contribution in [0.2, 0.25) is 0 Å². The lowest BCUT2D eigenvalue weighted by molar-refractivity contribution is 0.0711. The summed E-state index contributed by atoms with van der Waals surface area (Å²) in [6.45, 7) is 4.93. The molecule has 8 nitrogen and oxygen atoms in total. The molecule has 2 aliphatic heterocycles. The Kier molecular flexibility index (Phi) is 4.45. The number of amides is 1. The van der Waals surface area contributed by atoms with Crippen molar-refractivity contribution in [3.05, 3.63) is 59.4 Å². The largest absolute Gasteiger partial charge is 0.334 e. The third-order valence-electron chi connectivity index (χ3n) is 5.81. The Balaban J connectivity index is 1.44. The molecule has 0 saturated carbocycles. The smallest absolute Gasteiger partial charge is 0.259 e. The fraction of sp³-hybridized carbons (Fsp3) is 0.381. The highest BCUT2D eigenvalue weighted by Gasteiger charge is 2.43. The first kappa shape index (κ1) is 18.7. The van der Waals surface area contributed by atoms with Gasteiger partial charge in [-0.1, -0.05) is 6.07 Å². The molecule has 2 saturated heterocycles. The standard InChI is InChI=1S/C21H22FN7O/c1-13-10-14(2)26-21(25-13)28-15-6-7-16(28)12-27(11-15)20(30)19-17(22)4-3-5-18(19)29-23-8-9-24-29/h3-5,8-10,15-16H,6-7,11-12H2,1-2H3. The van der Waals surface area contributed by atoms with Crippen molar-refractivity contribution >= 4 is 11.9 Å². The molecule has 5 rings (SSSR count). The average molecular weight is 407 g/mol. The van der Waals surface area contributed by atoms with E-state index in [2.05, 4.69) is 25.1 Å². The Morgan fingerprint density at radius 1 is 1.03 bits per heavy atom. The second-order valence-electron chi connectivity index (χ2n) is 7.91. The van der Waals surface area contributed by atoms with Crippen LogP contribution in [0.3, 0.4) is 0 Å². The summed E-state index contributed by atoms with van der Waals surface area (Å²) >= 11 is 0. The molecule has 2 aliphatic rings. The quantitative estimate of drug-likeness (QED) is 0.663. The van der Waals surface area contributed by atoms with E-state index in [4.69, 9.17) is 0 Å². The maximum absolute atomic E-state index is 14.7. The summed E-state index contributed by atoms with van der Waals surface area (Å²) in [4.78, 5) is 27.9. The van der Waals surface area contributed by atoms with Gasteiger partial charge in [0.1, 0.15) is 17.1 Å². The average Bonchev–Trinajstić information content (AvgIpc) is 3.33. The second kappa shape index (κ2) is 7.16. The number of carbonyl (C=O) groups is 1. The van der Waals surface area contributed by atoms with Crippen molar-refractivity contribution in [1.82, 2.24) is 29.9 Å². The normalized spacial score (nSPS) is 20.6. The minimum Gasteiger partial charge on any atom is -0.334 e. The van der Waals surface area contributed by atoms with Crippen molar-refractivity contribution in [2.45, 2.75) is 38.8 Å². The van der Waals surface area contributed by atoms with Crippen LogP contribution in [0.5, 0.6) is 0 Å². The number of hydrogen-bond donors (Lipinski definition) is 0. The number of rotatable bonds is 3. The van der Waals surface area contributed by atoms with Gasteiger partial charge in [-0.05, 0) is 44.9 Å². The maximum Gasteiger partial charge on any atom is 0.259 e. The van der Waals surface area contributed by atoms with Crippen molar-refractivity contribution in [3.8, 4) is 5.69 Å². The molecule has 1 amide bonds. The fourth-order valence-corrected chi connectivity index (χ4v) is 4.61. The zero-order chi connectivity index (χ0) is 20.8. The van der Waals surface area contributed by atoms with E-state index in [0.29, 0.717) is 18.8 Å². The van der Waals surface area contributed by atoms with Gasteiger partial charge in [-0.2, -0.15) is 15.0 Å². The highest BCUT2D eigenvalue weighted by atomic mass is 19.1. The Morgan fingerprint density at radius 3 is 2.30 bits per heavy atom. The van der Waals surface area contributed by atoms with Crippen molar-refractivity contribution in [1.29, 1.82) is 0 Å². The summed E-state index contributed by atoms with van der Waals surface area (Å²) in [5.74, 6) is -0.181. The topological polar surface area (TPSA) is 80.0 Å². The van der Waals surface area contributed by atoms with Crippen LogP contribution in [0, 0.1) is 19.7 Å². The highest BCUT2D eigenvalue weighted by molar-refractivity contribution is 5.98. The van der Waals surface area contributed by atoms with Gasteiger partial charge >= 0.3 is 0 Å². The molecule has 2 bridgehead atoms. The molecule has 154 valence electrons. The van der Waals surface area contributed by atoms with Gasteiger partial charge in [0.25, 0.3) is 5.91 Å². The molecule has 9 heteroatoms. The van der Waals surface area contributed by atoms with Gasteiger partial charge in [0, 0.05) is 36.6 Å². The third kappa shape index (κ3) is 3.10. The maximum atomic E-state index is 14.7. The van der Waals surface area contributed by atoms with E-state index in [-0.39, 0.29) is 23.6 Å². The molecule has 2 atom stereocenters. The van der Waals surface area contributed by atoms with Crippen LogP contribution in [-0.2, 0) is 0 Å². The molecule has 3 aromatic rings. The van der Waals surface area contributed by atoms with E-state index in [1.54, 1.807) is 17.0 Å². The van der Waals surface area contributed by atoms with E-state index in [1.807, 2.05) is 19.9 Å². The summed E-state index contributed by atoms with van der Waals surface area (Å²) in [5, 5.41) is 8.14. The van der Waals surface area contributed by atoms with Crippen LogP contribution in [0.4, 0.5) is 10.3 Å². The first-order chi connectivity index (χ1) is 14.5. The van der Waals surface area contributed by atoms with Crippen molar-refractivity contribution in [2.75, 3.05) is 18.0 Å². The van der Waals surface area contributed by atoms with Crippen molar-refractivity contribution < 1.29 is 9.18 Å². The zero-order valence-corrected chi connectivity index (χ0v) is 16.9. The van der Waals surface area contributed by atoms with Gasteiger partial charge < -0.3 is 9.80 Å². The third-order valence-corrected chi connectivity index (χ3v) is 5.81. The van der Waals surface area contributed by atoms with Gasteiger partial charge in [-0.15, -0.1) is 0 Å². The first-order valence-electron chi connectivity index (χ1n) is 10.1. The summed E-state index contributed by atoms with van der Waals surface area (Å²) in [7, 11) is 0. The van der Waals surface area contributed by atoms with E-state index >= 15 is 0 Å². The second-order valence-corrected chi connectivity index (χ2v) is 7.91. The van der Waals surface area contributed by atoms with Crippen LogP contribution >= 0.6 is 0 Å². The molecule has 0 aliphatic carbocycles. The lowest BCUT2D eigenvalue weighted by Crippen LogP contribution is -2.56. The minimum absolute atomic E-state index is 0.00389. The van der Waals surface area contributed by atoms with Crippen LogP contribution in [0.25, 0.3) is 5.69 Å². The number of carbonyl (C=O) groups excluding carboxylic acids is 1. The van der Waals surface area contributed by atoms with Crippen LogP contribution < -0.4 is 4.90 Å². The summed E-state index contributed by atoms with van der Waals surface area (Å²) in [5.41, 5.74) is 2.21. The Hall–Kier alpha value is -3.36. The lowest BCUT2D eigenvalue weighted by Gasteiger charge is -2.41. The first-order valence-corrected chi connectivity index (χ1v) is 10.1. The Morgan fingerprint density at radius 2 is 1.67 bits per heavy atom. The van der Waals surface area contributed by atoms with Crippen molar-refractivity contribution in [2.24, 2.45) is 0 Å².